The fourth-order valence-electron chi connectivity index (χ4n) is 5.18. The van der Waals surface area contributed by atoms with Gasteiger partial charge in [0.15, 0.2) is 5.65 Å². The number of urea groups is 1. The number of hydrogen-bond donors (Lipinski definition) is 2. The summed E-state index contributed by atoms with van der Waals surface area (Å²) < 4.78 is 1.92. The van der Waals surface area contributed by atoms with Crippen LogP contribution in [0.25, 0.3) is 5.65 Å². The molecule has 2 atom stereocenters. The average molecular weight is 553 g/mol. The molecule has 0 bridgehead atoms. The van der Waals surface area contributed by atoms with Gasteiger partial charge in [-0.1, -0.05) is 0 Å². The van der Waals surface area contributed by atoms with Crippen LogP contribution < -0.4 is 15.5 Å². The zero-order valence-electron chi connectivity index (χ0n) is 22.6. The number of anilines is 3. The minimum Gasteiger partial charge on any atom is -0.364 e. The van der Waals surface area contributed by atoms with Gasteiger partial charge in [-0.2, -0.15) is 4.98 Å². The van der Waals surface area contributed by atoms with Crippen LogP contribution in [0.15, 0.2) is 43.0 Å². The van der Waals surface area contributed by atoms with Crippen LogP contribution >= 0.6 is 0 Å². The molecular formula is C28H28N10O3. The molecule has 1 saturated heterocycles. The van der Waals surface area contributed by atoms with E-state index in [4.69, 9.17) is 4.98 Å². The van der Waals surface area contributed by atoms with Gasteiger partial charge < -0.3 is 9.72 Å². The number of aromatic nitrogens is 6. The second-order valence-electron chi connectivity index (χ2n) is 10.8. The zero-order chi connectivity index (χ0) is 28.2. The third-order valence-electron chi connectivity index (χ3n) is 7.74. The second-order valence-corrected chi connectivity index (χ2v) is 10.8. The van der Waals surface area contributed by atoms with Crippen molar-refractivity contribution in [1.29, 1.82) is 0 Å². The van der Waals surface area contributed by atoms with Crippen molar-refractivity contribution < 1.29 is 14.4 Å². The van der Waals surface area contributed by atoms with Crippen molar-refractivity contribution >= 4 is 40.9 Å². The minimum absolute atomic E-state index is 0.00535. The van der Waals surface area contributed by atoms with Crippen LogP contribution in [-0.4, -0.2) is 65.7 Å². The summed E-state index contributed by atoms with van der Waals surface area (Å²) in [6.45, 7) is 2.25. The molecule has 208 valence electrons. The van der Waals surface area contributed by atoms with Gasteiger partial charge in [-0.25, -0.2) is 24.7 Å². The van der Waals surface area contributed by atoms with Crippen molar-refractivity contribution in [1.82, 2.24) is 34.2 Å². The SMILES string of the molecule is Cc1ccnc(C2CC2C(=O)Nc2nccc(NCc3cn4cc(C5CC5)cc(N5CC(=O)N(C)C5=O)c4n3)n2)n1. The van der Waals surface area contributed by atoms with Gasteiger partial charge in [0, 0.05) is 49.4 Å². The lowest BCUT2D eigenvalue weighted by Gasteiger charge is -2.17. The van der Waals surface area contributed by atoms with Gasteiger partial charge in [0.05, 0.1) is 17.9 Å². The van der Waals surface area contributed by atoms with Crippen LogP contribution in [0.2, 0.25) is 0 Å². The number of imide groups is 1. The van der Waals surface area contributed by atoms with Gasteiger partial charge >= 0.3 is 6.03 Å². The molecule has 4 aromatic rings. The van der Waals surface area contributed by atoms with E-state index >= 15 is 0 Å². The Bertz CT molecular complexity index is 1710. The second kappa shape index (κ2) is 9.61. The number of nitrogens with one attached hydrogen (secondary N) is 2. The molecule has 5 heterocycles. The largest absolute Gasteiger partial charge is 0.364 e. The van der Waals surface area contributed by atoms with Crippen molar-refractivity contribution in [2.45, 2.75) is 44.6 Å². The van der Waals surface area contributed by atoms with Crippen molar-refractivity contribution in [2.75, 3.05) is 29.1 Å². The van der Waals surface area contributed by atoms with Crippen LogP contribution in [0.5, 0.6) is 0 Å². The Hall–Kier alpha value is -4.94. The highest BCUT2D eigenvalue weighted by Crippen LogP contribution is 2.46. The molecule has 2 aliphatic carbocycles. The van der Waals surface area contributed by atoms with Gasteiger partial charge in [0.2, 0.25) is 17.8 Å². The fourth-order valence-corrected chi connectivity index (χ4v) is 5.18. The highest BCUT2D eigenvalue weighted by molar-refractivity contribution is 6.13. The maximum atomic E-state index is 12.8. The number of likely N-dealkylation sites (N-methyl/N-ethyl adjacent to an activating group) is 1. The first-order valence-corrected chi connectivity index (χ1v) is 13.6. The molecular weight excluding hydrogens is 524 g/mol. The number of imidazole rings is 1. The van der Waals surface area contributed by atoms with E-state index in [1.165, 1.54) is 11.9 Å². The standard InChI is InChI=1S/C28H28N10O3/c1-15-5-7-29-24(32-15)19-10-20(19)26(40)35-27-30-8-6-22(34-27)31-11-18-13-37-12-17(16-3-4-16)9-21(25(37)33-18)38-14-23(39)36(2)28(38)41/h5-9,12-13,16,19-20H,3-4,10-11,14H2,1-2H3,(H2,30,31,34,35,40). The summed E-state index contributed by atoms with van der Waals surface area (Å²) >= 11 is 0. The van der Waals surface area contributed by atoms with E-state index in [0.29, 0.717) is 41.9 Å². The molecule has 4 amide bonds. The summed E-state index contributed by atoms with van der Waals surface area (Å²) in [7, 11) is 1.49. The maximum Gasteiger partial charge on any atom is 0.331 e. The first-order valence-electron chi connectivity index (χ1n) is 13.6. The molecule has 0 spiro atoms. The van der Waals surface area contributed by atoms with Crippen LogP contribution in [0.4, 0.5) is 22.2 Å². The Morgan fingerprint density at radius 2 is 1.90 bits per heavy atom. The summed E-state index contributed by atoms with van der Waals surface area (Å²) in [6.07, 6.45) is 10.2. The highest BCUT2D eigenvalue weighted by atomic mass is 16.2. The molecule has 41 heavy (non-hydrogen) atoms. The van der Waals surface area contributed by atoms with E-state index in [1.807, 2.05) is 35.9 Å². The number of pyridine rings is 1. The number of carbonyl (C=O) groups is 3. The Morgan fingerprint density at radius 3 is 2.66 bits per heavy atom. The van der Waals surface area contributed by atoms with Gasteiger partial charge in [-0.05, 0) is 55.9 Å². The number of fused-ring (bicyclic) bond motifs is 1. The number of rotatable bonds is 8. The maximum absolute atomic E-state index is 12.8. The zero-order valence-corrected chi connectivity index (χ0v) is 22.6. The highest BCUT2D eigenvalue weighted by Gasteiger charge is 2.46. The summed E-state index contributed by atoms with van der Waals surface area (Å²) in [5.41, 5.74) is 3.97. The van der Waals surface area contributed by atoms with Crippen molar-refractivity contribution in [3.8, 4) is 0 Å². The molecule has 13 nitrogen and oxygen atoms in total. The predicted octanol–water partition coefficient (Wildman–Crippen LogP) is 2.85. The summed E-state index contributed by atoms with van der Waals surface area (Å²) in [5.74, 6) is 1.29. The van der Waals surface area contributed by atoms with E-state index in [9.17, 15) is 14.4 Å². The van der Waals surface area contributed by atoms with E-state index < -0.39 is 0 Å². The number of nitrogens with zero attached hydrogens (tertiary/aromatic N) is 8. The summed E-state index contributed by atoms with van der Waals surface area (Å²) in [6, 6.07) is 5.18. The van der Waals surface area contributed by atoms with Gasteiger partial charge in [-0.3, -0.25) is 24.7 Å². The molecule has 2 unspecified atom stereocenters. The number of hydrogen-bond acceptors (Lipinski definition) is 9. The molecule has 3 fully saturated rings. The van der Waals surface area contributed by atoms with Crippen molar-refractivity contribution in [3.05, 3.63) is 65.8 Å². The van der Waals surface area contributed by atoms with Gasteiger partial charge in [-0.15, -0.1) is 0 Å². The average Bonchev–Trinajstić information content (AvgIpc) is 3.89. The van der Waals surface area contributed by atoms with E-state index in [1.54, 1.807) is 18.5 Å². The molecule has 7 rings (SSSR count). The Labute approximate surface area is 235 Å². The predicted molar refractivity (Wildman–Crippen MR) is 148 cm³/mol. The molecule has 2 saturated carbocycles. The van der Waals surface area contributed by atoms with Crippen LogP contribution in [-0.2, 0) is 16.1 Å². The lowest BCUT2D eigenvalue weighted by Crippen LogP contribution is -2.30. The quantitative estimate of drug-likeness (QED) is 0.315. The van der Waals surface area contributed by atoms with Gasteiger partial charge in [0.25, 0.3) is 0 Å². The Kier molecular flexibility index (Phi) is 5.87. The smallest absolute Gasteiger partial charge is 0.331 e. The fraction of sp³-hybridized carbons (Fsp3) is 0.357. The van der Waals surface area contributed by atoms with Crippen molar-refractivity contribution in [3.63, 3.8) is 0 Å². The molecule has 13 heteroatoms. The van der Waals surface area contributed by atoms with Crippen molar-refractivity contribution in [2.24, 2.45) is 5.92 Å². The lowest BCUT2D eigenvalue weighted by molar-refractivity contribution is -0.124. The molecule has 4 aromatic heterocycles. The van der Waals surface area contributed by atoms with Crippen LogP contribution in [0.1, 0.15) is 53.9 Å². The van der Waals surface area contributed by atoms with E-state index in [0.717, 1.165) is 34.7 Å². The molecule has 0 radical (unpaired) electrons. The molecule has 2 N–H and O–H groups in total. The van der Waals surface area contributed by atoms with Crippen LogP contribution in [0, 0.1) is 12.8 Å². The summed E-state index contributed by atoms with van der Waals surface area (Å²) in [5, 5.41) is 6.05. The first-order chi connectivity index (χ1) is 19.8. The number of carbonyl (C=O) groups excluding carboxylic acids is 3. The van der Waals surface area contributed by atoms with E-state index in [-0.39, 0.29) is 42.2 Å². The molecule has 1 aliphatic heterocycles. The number of amides is 4. The van der Waals surface area contributed by atoms with Crippen LogP contribution in [0.3, 0.4) is 0 Å². The Morgan fingerprint density at radius 1 is 1.07 bits per heavy atom. The Balaban J connectivity index is 1.05. The normalized spacial score (nSPS) is 20.1. The summed E-state index contributed by atoms with van der Waals surface area (Å²) in [4.78, 5) is 62.5. The third-order valence-corrected chi connectivity index (χ3v) is 7.74. The monoisotopic (exact) mass is 552 g/mol. The topological polar surface area (TPSA) is 151 Å². The first kappa shape index (κ1) is 25.1. The van der Waals surface area contributed by atoms with E-state index in [2.05, 4.69) is 30.6 Å². The molecule has 0 aromatic carbocycles. The van der Waals surface area contributed by atoms with Gasteiger partial charge in [0.1, 0.15) is 18.2 Å². The number of aryl methyl sites for hydroxylation is 1. The molecule has 3 aliphatic rings. The third kappa shape index (κ3) is 4.83. The minimum atomic E-state index is -0.355. The lowest BCUT2D eigenvalue weighted by atomic mass is 10.1.